The second-order valence-electron chi connectivity index (χ2n) is 3.64. The number of nitrogens with two attached hydrogens (primary N) is 2. The van der Waals surface area contributed by atoms with E-state index < -0.39 is 18.0 Å². The quantitative estimate of drug-likeness (QED) is 0.555. The first-order valence-electron chi connectivity index (χ1n) is 5.37. The van der Waals surface area contributed by atoms with Crippen molar-refractivity contribution in [3.8, 4) is 0 Å². The van der Waals surface area contributed by atoms with Gasteiger partial charge in [-0.25, -0.2) is 0 Å². The number of primary amides is 1. The summed E-state index contributed by atoms with van der Waals surface area (Å²) in [5.41, 5.74) is 10.8. The number of hydrogen-bond acceptors (Lipinski definition) is 4. The van der Waals surface area contributed by atoms with Crippen molar-refractivity contribution in [1.82, 2.24) is 5.32 Å². The van der Waals surface area contributed by atoms with Crippen LogP contribution < -0.4 is 16.8 Å². The molecule has 0 fully saturated rings. The highest BCUT2D eigenvalue weighted by Crippen LogP contribution is 2.01. The molecule has 0 bridgehead atoms. The number of rotatable bonds is 8. The van der Waals surface area contributed by atoms with Crippen LogP contribution in [0.2, 0.25) is 0 Å². The lowest BCUT2D eigenvalue weighted by Crippen LogP contribution is -2.50. The van der Waals surface area contributed by atoms with Crippen molar-refractivity contribution in [1.29, 1.82) is 0 Å². The molecule has 0 saturated heterocycles. The Hall–Kier alpha value is -0.750. The second-order valence-corrected chi connectivity index (χ2v) is 4.63. The summed E-state index contributed by atoms with van der Waals surface area (Å²) in [7, 11) is 0. The Balaban J connectivity index is 4.17. The standard InChI is InChI=1S/C10H21N3O2S/c1-3-4-7(11)10(15)13-8(9(12)14)5-6-16-2/h7-8H,3-6,11H2,1-2H3,(H2,12,14)(H,13,15)/t7-,8-/m0/s1. The molecule has 0 aromatic rings. The molecule has 5 nitrogen and oxygen atoms in total. The maximum absolute atomic E-state index is 11.6. The zero-order valence-corrected chi connectivity index (χ0v) is 10.7. The molecule has 94 valence electrons. The van der Waals surface area contributed by atoms with Gasteiger partial charge in [-0.05, 0) is 24.9 Å². The van der Waals surface area contributed by atoms with E-state index in [2.05, 4.69) is 5.32 Å². The Morgan fingerprint density at radius 3 is 2.44 bits per heavy atom. The van der Waals surface area contributed by atoms with Gasteiger partial charge < -0.3 is 16.8 Å². The zero-order chi connectivity index (χ0) is 12.6. The Bertz CT molecular complexity index is 236. The smallest absolute Gasteiger partial charge is 0.240 e. The van der Waals surface area contributed by atoms with Gasteiger partial charge in [0.25, 0.3) is 0 Å². The maximum Gasteiger partial charge on any atom is 0.240 e. The monoisotopic (exact) mass is 247 g/mol. The van der Waals surface area contributed by atoms with Crippen LogP contribution in [0.5, 0.6) is 0 Å². The molecular weight excluding hydrogens is 226 g/mol. The highest BCUT2D eigenvalue weighted by molar-refractivity contribution is 7.98. The molecule has 0 radical (unpaired) electrons. The molecule has 0 aromatic carbocycles. The number of thioether (sulfide) groups is 1. The summed E-state index contributed by atoms with van der Waals surface area (Å²) >= 11 is 1.60. The molecule has 0 rings (SSSR count). The van der Waals surface area contributed by atoms with Crippen LogP contribution in [0.1, 0.15) is 26.2 Å². The maximum atomic E-state index is 11.6. The summed E-state index contributed by atoms with van der Waals surface area (Å²) in [6, 6.07) is -1.16. The SMILES string of the molecule is CCC[C@H](N)C(=O)N[C@@H](CCSC)C(N)=O. The number of carbonyl (C=O) groups excluding carboxylic acids is 2. The van der Waals surface area contributed by atoms with Gasteiger partial charge in [0.1, 0.15) is 6.04 Å². The largest absolute Gasteiger partial charge is 0.368 e. The van der Waals surface area contributed by atoms with E-state index >= 15 is 0 Å². The van der Waals surface area contributed by atoms with Gasteiger partial charge >= 0.3 is 0 Å². The van der Waals surface area contributed by atoms with Crippen LogP contribution in [-0.2, 0) is 9.59 Å². The van der Waals surface area contributed by atoms with Crippen molar-refractivity contribution >= 4 is 23.6 Å². The van der Waals surface area contributed by atoms with Gasteiger partial charge in [0.15, 0.2) is 0 Å². The average Bonchev–Trinajstić information content (AvgIpc) is 2.23. The van der Waals surface area contributed by atoms with E-state index in [0.29, 0.717) is 12.8 Å². The van der Waals surface area contributed by atoms with Crippen LogP contribution in [0.3, 0.4) is 0 Å². The molecule has 0 heterocycles. The first-order chi connectivity index (χ1) is 7.52. The molecule has 0 aliphatic carbocycles. The Morgan fingerprint density at radius 1 is 1.38 bits per heavy atom. The summed E-state index contributed by atoms with van der Waals surface area (Å²) in [5, 5.41) is 2.58. The number of hydrogen-bond donors (Lipinski definition) is 3. The van der Waals surface area contributed by atoms with E-state index in [1.54, 1.807) is 11.8 Å². The van der Waals surface area contributed by atoms with E-state index in [1.807, 2.05) is 13.2 Å². The molecule has 0 unspecified atom stereocenters. The van der Waals surface area contributed by atoms with Gasteiger partial charge in [-0.3, -0.25) is 9.59 Å². The molecule has 0 saturated carbocycles. The fraction of sp³-hybridized carbons (Fsp3) is 0.800. The summed E-state index contributed by atoms with van der Waals surface area (Å²) in [4.78, 5) is 22.6. The molecular formula is C10H21N3O2S. The Kier molecular flexibility index (Phi) is 8.01. The molecule has 0 aliphatic rings. The van der Waals surface area contributed by atoms with Gasteiger partial charge in [-0.15, -0.1) is 0 Å². The van der Waals surface area contributed by atoms with Crippen LogP contribution in [0.15, 0.2) is 0 Å². The first-order valence-corrected chi connectivity index (χ1v) is 6.76. The van der Waals surface area contributed by atoms with Crippen molar-refractivity contribution in [3.63, 3.8) is 0 Å². The van der Waals surface area contributed by atoms with Crippen LogP contribution in [-0.4, -0.2) is 35.9 Å². The lowest BCUT2D eigenvalue weighted by atomic mass is 10.1. The minimum Gasteiger partial charge on any atom is -0.368 e. The van der Waals surface area contributed by atoms with Crippen LogP contribution >= 0.6 is 11.8 Å². The minimum absolute atomic E-state index is 0.299. The summed E-state index contributed by atoms with van der Waals surface area (Å²) in [6.07, 6.45) is 3.92. The summed E-state index contributed by atoms with van der Waals surface area (Å²) < 4.78 is 0. The van der Waals surface area contributed by atoms with Gasteiger partial charge in [0, 0.05) is 0 Å². The van der Waals surface area contributed by atoms with E-state index in [0.717, 1.165) is 12.2 Å². The lowest BCUT2D eigenvalue weighted by molar-refractivity contribution is -0.128. The van der Waals surface area contributed by atoms with E-state index in [9.17, 15) is 9.59 Å². The number of amides is 2. The molecule has 0 aromatic heterocycles. The Morgan fingerprint density at radius 2 is 2.00 bits per heavy atom. The van der Waals surface area contributed by atoms with Gasteiger partial charge in [0.2, 0.25) is 11.8 Å². The molecule has 0 aliphatic heterocycles. The van der Waals surface area contributed by atoms with Crippen LogP contribution in [0.4, 0.5) is 0 Å². The average molecular weight is 247 g/mol. The van der Waals surface area contributed by atoms with E-state index in [1.165, 1.54) is 0 Å². The van der Waals surface area contributed by atoms with Crippen molar-refractivity contribution in [3.05, 3.63) is 0 Å². The van der Waals surface area contributed by atoms with Gasteiger partial charge in [0.05, 0.1) is 6.04 Å². The van der Waals surface area contributed by atoms with Crippen molar-refractivity contribution < 1.29 is 9.59 Å². The third-order valence-electron chi connectivity index (χ3n) is 2.21. The van der Waals surface area contributed by atoms with Gasteiger partial charge in [-0.1, -0.05) is 13.3 Å². The Labute approximate surface area is 101 Å². The molecule has 2 amide bonds. The summed E-state index contributed by atoms with van der Waals surface area (Å²) in [5.74, 6) is -0.0328. The molecule has 0 spiro atoms. The third-order valence-corrected chi connectivity index (χ3v) is 2.85. The fourth-order valence-electron chi connectivity index (χ4n) is 1.24. The van der Waals surface area contributed by atoms with Crippen LogP contribution in [0.25, 0.3) is 0 Å². The van der Waals surface area contributed by atoms with E-state index in [4.69, 9.17) is 11.5 Å². The second kappa shape index (κ2) is 8.41. The van der Waals surface area contributed by atoms with Gasteiger partial charge in [-0.2, -0.15) is 11.8 Å². The van der Waals surface area contributed by atoms with E-state index in [-0.39, 0.29) is 5.91 Å². The highest BCUT2D eigenvalue weighted by atomic mass is 32.2. The predicted octanol–water partition coefficient (Wildman–Crippen LogP) is -0.163. The third kappa shape index (κ3) is 5.97. The summed E-state index contributed by atoms with van der Waals surface area (Å²) in [6.45, 7) is 1.95. The molecule has 16 heavy (non-hydrogen) atoms. The lowest BCUT2D eigenvalue weighted by Gasteiger charge is -2.17. The number of nitrogens with one attached hydrogen (secondary N) is 1. The van der Waals surface area contributed by atoms with Crippen LogP contribution in [0, 0.1) is 0 Å². The zero-order valence-electron chi connectivity index (χ0n) is 9.86. The fourth-order valence-corrected chi connectivity index (χ4v) is 1.71. The normalized spacial score (nSPS) is 14.2. The topological polar surface area (TPSA) is 98.2 Å². The number of carbonyl (C=O) groups is 2. The van der Waals surface area contributed by atoms with Crippen molar-refractivity contribution in [2.24, 2.45) is 11.5 Å². The molecule has 2 atom stereocenters. The van der Waals surface area contributed by atoms with Crippen molar-refractivity contribution in [2.45, 2.75) is 38.3 Å². The minimum atomic E-state index is -0.608. The molecule has 5 N–H and O–H groups in total. The highest BCUT2D eigenvalue weighted by Gasteiger charge is 2.20. The predicted molar refractivity (Wildman–Crippen MR) is 67.0 cm³/mol. The first kappa shape index (κ1) is 15.2. The van der Waals surface area contributed by atoms with Crippen molar-refractivity contribution in [2.75, 3.05) is 12.0 Å². The molecule has 6 heteroatoms.